The second kappa shape index (κ2) is 29.4. The summed E-state index contributed by atoms with van der Waals surface area (Å²) in [7, 11) is -8.88. The average Bonchev–Trinajstić information content (AvgIpc) is 1.42. The molecule has 9 N–H and O–H groups in total. The van der Waals surface area contributed by atoms with E-state index in [1.54, 1.807) is 30.5 Å². The zero-order valence-electron chi connectivity index (χ0n) is 52.2. The predicted octanol–water partition coefficient (Wildman–Crippen LogP) is 9.41. The van der Waals surface area contributed by atoms with E-state index in [1.807, 2.05) is 0 Å². The molecule has 4 aliphatic rings. The highest BCUT2D eigenvalue weighted by Gasteiger charge is 2.40. The van der Waals surface area contributed by atoms with Crippen LogP contribution in [0.5, 0.6) is 0 Å². The Morgan fingerprint density at radius 2 is 0.929 bits per heavy atom. The molecule has 522 valence electrons. The quantitative estimate of drug-likeness (QED) is 0.0330. The number of amides is 3. The number of carbonyl (C=O) groups excluding carboxylic acids is 3. The molecule has 12 rings (SSSR count). The average molecular weight is 1440 g/mol. The summed E-state index contributed by atoms with van der Waals surface area (Å²) in [5.41, 5.74) is 5.48. The van der Waals surface area contributed by atoms with Crippen LogP contribution in [0.4, 0.5) is 47.8 Å². The third kappa shape index (κ3) is 15.8. The molecule has 1 aliphatic carbocycles. The van der Waals surface area contributed by atoms with E-state index in [2.05, 4.69) is 25.9 Å². The third-order valence-electron chi connectivity index (χ3n) is 17.1. The Balaban J connectivity index is 0.000000159. The van der Waals surface area contributed by atoms with Gasteiger partial charge < -0.3 is 51.3 Å². The van der Waals surface area contributed by atoms with Gasteiger partial charge in [-0.3, -0.25) is 14.4 Å². The molecule has 3 aliphatic heterocycles. The number of allylic oxidation sites excluding steroid dienone is 1. The Kier molecular flexibility index (Phi) is 21.8. The number of aliphatic hydroxyl groups is 2. The minimum atomic E-state index is -4.03. The molecule has 22 nitrogen and oxygen atoms in total. The summed E-state index contributed by atoms with van der Waals surface area (Å²) < 4.78 is 187. The van der Waals surface area contributed by atoms with Crippen LogP contribution >= 0.6 is 11.6 Å². The lowest BCUT2D eigenvalue weighted by atomic mass is 9.94. The Labute approximate surface area is 562 Å². The summed E-state index contributed by atoms with van der Waals surface area (Å²) in [6.07, 6.45) is 8.97. The molecule has 0 spiro atoms. The van der Waals surface area contributed by atoms with Crippen LogP contribution in [0.2, 0.25) is 5.02 Å². The minimum Gasteiger partial charge on any atom is -0.387 e. The number of carbonyl (C=O) groups is 3. The molecule has 3 saturated heterocycles. The lowest BCUT2D eigenvalue weighted by molar-refractivity contribution is -0.0610. The maximum absolute atomic E-state index is 13.5. The highest BCUT2D eigenvalue weighted by Crippen LogP contribution is 2.35. The van der Waals surface area contributed by atoms with Crippen molar-refractivity contribution in [3.63, 3.8) is 0 Å². The predicted molar refractivity (Wildman–Crippen MR) is 349 cm³/mol. The molecule has 8 aromatic rings. The number of H-pyrrole nitrogens is 2. The number of hydrogen-bond donors (Lipinski definition) is 8. The number of nitrogens with one attached hydrogen (secondary N) is 5. The number of ether oxygens (including phenoxy) is 2. The van der Waals surface area contributed by atoms with Gasteiger partial charge in [0.1, 0.15) is 5.82 Å². The van der Waals surface area contributed by atoms with Crippen molar-refractivity contribution in [3.05, 3.63) is 183 Å². The first kappa shape index (κ1) is 72.6. The SMILES string of the molecule is COCC1(O)CCN(S(=O)(=O)c2cc(C(=O)Nc3cc(F)c(F)c(F)c3)c3cc[nH]c3c2)CC1.COCC1(O)CCN(S(=O)(=O)c2cc(C(=O)Nc3ccc(F)c(Cl)c3)c3cc[nH]c3c2)CC1.NC1CCN(S(=O)(=O)c2cc3c(c(C(=O)Nc4cc(F)c(F)c(F)c4)c2)C=CC3)CC1. The van der Waals surface area contributed by atoms with Crippen molar-refractivity contribution in [2.45, 2.75) is 76.9 Å². The molecule has 5 heterocycles. The van der Waals surface area contributed by atoms with Gasteiger partial charge in [-0.1, -0.05) is 23.8 Å². The van der Waals surface area contributed by atoms with E-state index in [9.17, 15) is 80.6 Å². The molecule has 2 aromatic heterocycles. The van der Waals surface area contributed by atoms with Gasteiger partial charge in [-0.05, 0) is 123 Å². The number of hydrogen-bond acceptors (Lipinski definition) is 14. The molecule has 0 radical (unpaired) electrons. The lowest BCUT2D eigenvalue weighted by Crippen LogP contribution is -2.48. The molecule has 33 heteroatoms. The number of fused-ring (bicyclic) bond motifs is 3. The van der Waals surface area contributed by atoms with Gasteiger partial charge in [-0.15, -0.1) is 0 Å². The molecule has 0 saturated carbocycles. The number of sulfonamides is 3. The van der Waals surface area contributed by atoms with Crippen LogP contribution in [0.15, 0.2) is 124 Å². The van der Waals surface area contributed by atoms with Gasteiger partial charge in [0, 0.05) is 141 Å². The van der Waals surface area contributed by atoms with E-state index < -0.39 is 99.7 Å². The topological polar surface area (TPSA) is 316 Å². The van der Waals surface area contributed by atoms with Crippen molar-refractivity contribution in [3.8, 4) is 0 Å². The van der Waals surface area contributed by atoms with E-state index in [-0.39, 0.29) is 138 Å². The largest absolute Gasteiger partial charge is 0.387 e. The first-order valence-corrected chi connectivity index (χ1v) is 35.0. The molecule has 3 amide bonds. The Morgan fingerprint density at radius 3 is 1.35 bits per heavy atom. The van der Waals surface area contributed by atoms with Gasteiger partial charge in [0.15, 0.2) is 34.9 Å². The van der Waals surface area contributed by atoms with Crippen LogP contribution in [0.3, 0.4) is 0 Å². The molecule has 0 unspecified atom stereocenters. The molecule has 0 atom stereocenters. The number of rotatable bonds is 16. The minimum absolute atomic E-state index is 0.0351. The maximum Gasteiger partial charge on any atom is 0.256 e. The van der Waals surface area contributed by atoms with Crippen LogP contribution in [-0.2, 0) is 46.0 Å². The van der Waals surface area contributed by atoms with Gasteiger partial charge in [-0.2, -0.15) is 12.9 Å². The van der Waals surface area contributed by atoms with Gasteiger partial charge in [0.2, 0.25) is 30.1 Å². The maximum atomic E-state index is 13.5. The number of nitrogens with two attached hydrogens (primary N) is 1. The van der Waals surface area contributed by atoms with Crippen molar-refractivity contribution in [2.75, 3.05) is 82.7 Å². The lowest BCUT2D eigenvalue weighted by Gasteiger charge is -2.37. The number of anilines is 3. The molecular formula is C65H65ClF7N9O13S3. The van der Waals surface area contributed by atoms with Gasteiger partial charge >= 0.3 is 0 Å². The second-order valence-electron chi connectivity index (χ2n) is 23.8. The van der Waals surface area contributed by atoms with Crippen molar-refractivity contribution in [1.29, 1.82) is 0 Å². The highest BCUT2D eigenvalue weighted by molar-refractivity contribution is 7.89. The van der Waals surface area contributed by atoms with E-state index >= 15 is 0 Å². The number of halogens is 8. The van der Waals surface area contributed by atoms with Crippen LogP contribution < -0.4 is 21.7 Å². The van der Waals surface area contributed by atoms with E-state index in [0.717, 1.165) is 6.07 Å². The number of aromatic nitrogens is 2. The van der Waals surface area contributed by atoms with Gasteiger partial charge in [-0.25, -0.2) is 56.0 Å². The Morgan fingerprint density at radius 1 is 0.541 bits per heavy atom. The molecule has 3 fully saturated rings. The molecule has 0 bridgehead atoms. The first-order valence-electron chi connectivity index (χ1n) is 30.3. The fourth-order valence-corrected chi connectivity index (χ4v) is 16.5. The fraction of sp³-hybridized carbons (Fsp3) is 0.308. The van der Waals surface area contributed by atoms with Crippen LogP contribution in [0.25, 0.3) is 27.9 Å². The standard InChI is InChI=1S/C22H23ClFN3O5S.C22H22F3N3O5S.C21H20F3N3O3S/c1-32-13-22(29)5-8-27(9-6-22)33(30,31)15-11-17(16-4-7-25-20(16)12-15)21(28)26-14-2-3-19(24)18(23)10-14;1-33-12-22(30)3-6-28(7-4-22)34(31,32)14-10-16(15-2-5-26-19(15)11-14)21(29)27-13-8-17(23)20(25)18(24)9-13;22-18-9-14(10-19(23)20(18)24)26-21(28)17-11-15(8-12-2-1-3-16(12)17)31(29,30)27-6-4-13(25)5-7-27/h2-4,7,10-12,25,29H,5-6,8-9,13H2,1H3,(H,26,28);2,5,8-11,26,30H,3-4,6-7,12H2,1H3,(H,27,29);1,3,8-11,13H,2,4-7,25H2,(H,26,28). The van der Waals surface area contributed by atoms with Crippen LogP contribution in [0.1, 0.15) is 80.7 Å². The number of nitrogens with zero attached hydrogens (tertiary/aromatic N) is 3. The number of aromatic amines is 2. The fourth-order valence-electron chi connectivity index (χ4n) is 11.7. The summed E-state index contributed by atoms with van der Waals surface area (Å²) in [5, 5.41) is 29.0. The highest BCUT2D eigenvalue weighted by atomic mass is 35.5. The van der Waals surface area contributed by atoms with E-state index in [0.29, 0.717) is 76.5 Å². The Bertz CT molecular complexity index is 4740. The summed E-state index contributed by atoms with van der Waals surface area (Å²) in [6, 6.07) is 17.7. The van der Waals surface area contributed by atoms with E-state index in [1.165, 1.54) is 81.9 Å². The van der Waals surface area contributed by atoms with Crippen molar-refractivity contribution >= 4 is 104 Å². The van der Waals surface area contributed by atoms with E-state index in [4.69, 9.17) is 26.8 Å². The molecule has 6 aromatic carbocycles. The monoisotopic (exact) mass is 1440 g/mol. The van der Waals surface area contributed by atoms with Crippen LogP contribution in [-0.4, -0.2) is 160 Å². The Hall–Kier alpha value is -8.12. The second-order valence-corrected chi connectivity index (χ2v) is 30.1. The smallest absolute Gasteiger partial charge is 0.256 e. The van der Waals surface area contributed by atoms with Gasteiger partial charge in [0.05, 0.1) is 55.3 Å². The number of piperidine rings is 3. The zero-order valence-corrected chi connectivity index (χ0v) is 55.4. The van der Waals surface area contributed by atoms with Gasteiger partial charge in [0.25, 0.3) is 17.7 Å². The normalized spacial score (nSPS) is 16.8. The van der Waals surface area contributed by atoms with Crippen molar-refractivity contribution < 1.29 is 90.1 Å². The van der Waals surface area contributed by atoms with Crippen molar-refractivity contribution in [1.82, 2.24) is 22.9 Å². The van der Waals surface area contributed by atoms with Crippen LogP contribution in [0, 0.1) is 40.7 Å². The number of benzene rings is 6. The summed E-state index contributed by atoms with van der Waals surface area (Å²) in [6.45, 7) is 1.16. The molecule has 98 heavy (non-hydrogen) atoms. The summed E-state index contributed by atoms with van der Waals surface area (Å²) in [4.78, 5) is 44.4. The summed E-state index contributed by atoms with van der Waals surface area (Å²) in [5.74, 6) is -11.9. The number of methoxy groups -OCH3 is 2. The third-order valence-corrected chi connectivity index (χ3v) is 23.0. The zero-order chi connectivity index (χ0) is 70.8. The first-order chi connectivity index (χ1) is 46.3. The molecular weight excluding hydrogens is 1380 g/mol. The summed E-state index contributed by atoms with van der Waals surface area (Å²) >= 11 is 5.79. The van der Waals surface area contributed by atoms with Crippen molar-refractivity contribution in [2.24, 2.45) is 5.73 Å².